The Bertz CT molecular complexity index is 838. The van der Waals surface area contributed by atoms with Crippen LogP contribution >= 0.6 is 0 Å². The number of hydrogen-bond acceptors (Lipinski definition) is 4. The van der Waals surface area contributed by atoms with Crippen LogP contribution in [-0.4, -0.2) is 48.6 Å². The first kappa shape index (κ1) is 27.0. The number of methoxy groups -OCH3 is 1. The van der Waals surface area contributed by atoms with Crippen LogP contribution in [0.3, 0.4) is 0 Å². The molecule has 1 atom stereocenters. The van der Waals surface area contributed by atoms with Crippen molar-refractivity contribution in [2.24, 2.45) is 5.92 Å². The smallest absolute Gasteiger partial charge is 0.315 e. The summed E-state index contributed by atoms with van der Waals surface area (Å²) in [6.45, 7) is 4.16. The monoisotopic (exact) mass is 485 g/mol. The fourth-order valence-electron chi connectivity index (χ4n) is 5.24. The van der Waals surface area contributed by atoms with Gasteiger partial charge in [0.2, 0.25) is 0 Å². The highest BCUT2D eigenvalue weighted by Crippen LogP contribution is 2.36. The summed E-state index contributed by atoms with van der Waals surface area (Å²) in [6.07, 6.45) is 10.6. The van der Waals surface area contributed by atoms with Gasteiger partial charge < -0.3 is 20.7 Å². The first-order chi connectivity index (χ1) is 17.0. The van der Waals surface area contributed by atoms with Crippen molar-refractivity contribution in [2.75, 3.05) is 20.3 Å². The lowest BCUT2D eigenvalue weighted by Gasteiger charge is -2.33. The lowest BCUT2D eigenvalue weighted by atomic mass is 9.77. The van der Waals surface area contributed by atoms with Gasteiger partial charge in [0, 0.05) is 26.8 Å². The summed E-state index contributed by atoms with van der Waals surface area (Å²) in [4.78, 5) is 27.2. The molecule has 3 amide bonds. The van der Waals surface area contributed by atoms with Crippen LogP contribution in [-0.2, 0) is 22.6 Å². The minimum absolute atomic E-state index is 0.0532. The molecule has 1 aromatic rings. The maximum absolute atomic E-state index is 13.7. The average molecular weight is 486 g/mol. The molecule has 1 aromatic carbocycles. The first-order valence-corrected chi connectivity index (χ1v) is 13.2. The molecule has 0 bridgehead atoms. The predicted octanol–water partition coefficient (Wildman–Crippen LogP) is 4.29. The van der Waals surface area contributed by atoms with Crippen molar-refractivity contribution < 1.29 is 14.3 Å². The quantitative estimate of drug-likeness (QED) is 0.313. The number of benzene rings is 1. The molecule has 1 heterocycles. The molecule has 0 spiro atoms. The molecule has 1 saturated heterocycles. The highest BCUT2D eigenvalue weighted by atomic mass is 16.5. The number of carbonyl (C=O) groups is 2. The van der Waals surface area contributed by atoms with Gasteiger partial charge in [-0.3, -0.25) is 15.1 Å². The van der Waals surface area contributed by atoms with E-state index >= 15 is 0 Å². The minimum atomic E-state index is -0.629. The Hall–Kier alpha value is -2.61. The SMILES string of the molecule is CCCCC1(CC2CCCCC2)NC(=N)N(Cc2ccc(CNC(=O)NCCCOC)cc2)C1=O. The first-order valence-electron chi connectivity index (χ1n) is 13.2. The van der Waals surface area contributed by atoms with E-state index in [1.807, 2.05) is 24.3 Å². The third-order valence-electron chi connectivity index (χ3n) is 7.23. The molecule has 2 aliphatic rings. The molecule has 0 radical (unpaired) electrons. The molecule has 1 aliphatic carbocycles. The fraction of sp³-hybridized carbons (Fsp3) is 0.667. The van der Waals surface area contributed by atoms with Gasteiger partial charge in [0.25, 0.3) is 5.91 Å². The standard InChI is InChI=1S/C27H43N5O3/c1-3-4-15-27(18-21-9-6-5-7-10-21)24(33)32(25(28)31-27)20-23-13-11-22(12-14-23)19-30-26(34)29-16-8-17-35-2/h11-14,21H,3-10,15-20H2,1-2H3,(H2,28,31)(H2,29,30,34). The minimum Gasteiger partial charge on any atom is -0.385 e. The van der Waals surface area contributed by atoms with E-state index in [1.165, 1.54) is 32.1 Å². The van der Waals surface area contributed by atoms with Gasteiger partial charge in [-0.05, 0) is 36.3 Å². The van der Waals surface area contributed by atoms with Crippen molar-refractivity contribution in [1.29, 1.82) is 5.41 Å². The predicted molar refractivity (Wildman–Crippen MR) is 138 cm³/mol. The molecule has 35 heavy (non-hydrogen) atoms. The van der Waals surface area contributed by atoms with Crippen LogP contribution in [0.1, 0.15) is 82.3 Å². The summed E-state index contributed by atoms with van der Waals surface area (Å²) in [5.41, 5.74) is 1.33. The van der Waals surface area contributed by atoms with Crippen molar-refractivity contribution in [2.45, 2.75) is 89.8 Å². The lowest BCUT2D eigenvalue weighted by Crippen LogP contribution is -2.48. The van der Waals surface area contributed by atoms with Crippen LogP contribution < -0.4 is 16.0 Å². The molecule has 1 saturated carbocycles. The zero-order valence-corrected chi connectivity index (χ0v) is 21.5. The molecule has 0 aromatic heterocycles. The number of unbranched alkanes of at least 4 members (excludes halogenated alkanes) is 1. The zero-order chi connectivity index (χ0) is 25.1. The molecule has 4 N–H and O–H groups in total. The van der Waals surface area contributed by atoms with Crippen molar-refractivity contribution in [3.8, 4) is 0 Å². The van der Waals surface area contributed by atoms with E-state index in [1.54, 1.807) is 12.0 Å². The maximum Gasteiger partial charge on any atom is 0.315 e. The van der Waals surface area contributed by atoms with Crippen LogP contribution in [0, 0.1) is 11.3 Å². The number of urea groups is 1. The summed E-state index contributed by atoms with van der Waals surface area (Å²) in [5.74, 6) is 0.837. The van der Waals surface area contributed by atoms with Gasteiger partial charge in [-0.15, -0.1) is 0 Å². The Morgan fingerprint density at radius 2 is 1.86 bits per heavy atom. The zero-order valence-electron chi connectivity index (χ0n) is 21.5. The number of carbonyl (C=O) groups excluding carboxylic acids is 2. The molecule has 8 nitrogen and oxygen atoms in total. The van der Waals surface area contributed by atoms with Crippen LogP contribution in [0.25, 0.3) is 0 Å². The van der Waals surface area contributed by atoms with Gasteiger partial charge >= 0.3 is 6.03 Å². The molecule has 1 unspecified atom stereocenters. The van der Waals surface area contributed by atoms with Crippen molar-refractivity contribution in [1.82, 2.24) is 20.9 Å². The topological polar surface area (TPSA) is 107 Å². The summed E-state index contributed by atoms with van der Waals surface area (Å²) < 4.78 is 4.97. The molecule has 1 aliphatic heterocycles. The highest BCUT2D eigenvalue weighted by Gasteiger charge is 2.49. The number of amides is 3. The summed E-state index contributed by atoms with van der Waals surface area (Å²) >= 11 is 0. The van der Waals surface area contributed by atoms with Gasteiger partial charge in [-0.1, -0.05) is 76.1 Å². The Morgan fingerprint density at radius 3 is 2.54 bits per heavy atom. The van der Waals surface area contributed by atoms with Crippen LogP contribution in [0.15, 0.2) is 24.3 Å². The Labute approximate surface area is 210 Å². The van der Waals surface area contributed by atoms with Crippen LogP contribution in [0.5, 0.6) is 0 Å². The van der Waals surface area contributed by atoms with E-state index in [0.717, 1.165) is 43.2 Å². The number of nitrogens with one attached hydrogen (secondary N) is 4. The molecule has 8 heteroatoms. The Morgan fingerprint density at radius 1 is 1.14 bits per heavy atom. The van der Waals surface area contributed by atoms with Gasteiger partial charge in [0.1, 0.15) is 5.54 Å². The molecular formula is C27H43N5O3. The Balaban J connectivity index is 1.56. The van der Waals surface area contributed by atoms with Gasteiger partial charge in [-0.2, -0.15) is 0 Å². The number of rotatable bonds is 13. The van der Waals surface area contributed by atoms with E-state index in [2.05, 4.69) is 22.9 Å². The Kier molecular flexibility index (Phi) is 10.4. The third-order valence-corrected chi connectivity index (χ3v) is 7.23. The van der Waals surface area contributed by atoms with Gasteiger partial charge in [-0.25, -0.2) is 4.79 Å². The van der Waals surface area contributed by atoms with E-state index in [-0.39, 0.29) is 17.9 Å². The van der Waals surface area contributed by atoms with E-state index in [4.69, 9.17) is 10.1 Å². The number of ether oxygens (including phenoxy) is 1. The van der Waals surface area contributed by atoms with Gasteiger partial charge in [0.15, 0.2) is 5.96 Å². The normalized spacial score (nSPS) is 20.7. The second-order valence-electron chi connectivity index (χ2n) is 10.0. The number of nitrogens with zero attached hydrogens (tertiary/aromatic N) is 1. The van der Waals surface area contributed by atoms with E-state index in [9.17, 15) is 9.59 Å². The van der Waals surface area contributed by atoms with Crippen molar-refractivity contribution >= 4 is 17.9 Å². The van der Waals surface area contributed by atoms with E-state index < -0.39 is 5.54 Å². The average Bonchev–Trinajstić information content (AvgIpc) is 3.09. The van der Waals surface area contributed by atoms with Crippen LogP contribution in [0.2, 0.25) is 0 Å². The van der Waals surface area contributed by atoms with Crippen LogP contribution in [0.4, 0.5) is 4.79 Å². The molecule has 3 rings (SSSR count). The third kappa shape index (κ3) is 7.69. The highest BCUT2D eigenvalue weighted by molar-refractivity contribution is 6.07. The van der Waals surface area contributed by atoms with Gasteiger partial charge in [0.05, 0.1) is 6.54 Å². The fourth-order valence-corrected chi connectivity index (χ4v) is 5.24. The summed E-state index contributed by atoms with van der Waals surface area (Å²) in [5, 5.41) is 17.6. The largest absolute Gasteiger partial charge is 0.385 e. The molecule has 194 valence electrons. The molecular weight excluding hydrogens is 442 g/mol. The second-order valence-corrected chi connectivity index (χ2v) is 10.0. The number of hydrogen-bond donors (Lipinski definition) is 4. The van der Waals surface area contributed by atoms with Crippen molar-refractivity contribution in [3.05, 3.63) is 35.4 Å². The van der Waals surface area contributed by atoms with Crippen molar-refractivity contribution in [3.63, 3.8) is 0 Å². The van der Waals surface area contributed by atoms with E-state index in [0.29, 0.717) is 32.2 Å². The second kappa shape index (κ2) is 13.5. The maximum atomic E-state index is 13.7. The molecule has 2 fully saturated rings. The number of guanidine groups is 1. The summed E-state index contributed by atoms with van der Waals surface area (Å²) in [6, 6.07) is 7.67. The lowest BCUT2D eigenvalue weighted by molar-refractivity contribution is -0.132. The summed E-state index contributed by atoms with van der Waals surface area (Å²) in [7, 11) is 1.64.